The number of hydrogen-bond acceptors (Lipinski definition) is 2. The number of nitrogens with one attached hydrogen (secondary N) is 1. The van der Waals surface area contributed by atoms with Crippen molar-refractivity contribution in [3.05, 3.63) is 34.7 Å². The van der Waals surface area contributed by atoms with Crippen molar-refractivity contribution >= 4 is 17.6 Å². The van der Waals surface area contributed by atoms with Crippen LogP contribution in [-0.4, -0.2) is 12.3 Å². The van der Waals surface area contributed by atoms with Crippen LogP contribution in [0.3, 0.4) is 0 Å². The lowest BCUT2D eigenvalue weighted by Crippen LogP contribution is -2.37. The quantitative estimate of drug-likeness (QED) is 0.605. The molecule has 1 fully saturated rings. The fraction of sp³-hybridized carbons (Fsp3) is 0.250. The lowest BCUT2D eigenvalue weighted by atomic mass is 9.93. The Morgan fingerprint density at radius 1 is 1.29 bits per heavy atom. The summed E-state index contributed by atoms with van der Waals surface area (Å²) in [5.41, 5.74) is 1.13. The molecular formula is C12H11NO. The van der Waals surface area contributed by atoms with Gasteiger partial charge in [0.2, 0.25) is 0 Å². The Bertz CT molecular complexity index is 515. The first-order chi connectivity index (χ1) is 6.86. The monoisotopic (exact) mass is 185 g/mol. The van der Waals surface area contributed by atoms with Crippen LogP contribution >= 0.6 is 0 Å². The van der Waals surface area contributed by atoms with Crippen LogP contribution in [0.4, 0.5) is 0 Å². The van der Waals surface area contributed by atoms with E-state index in [1.165, 1.54) is 5.22 Å². The van der Waals surface area contributed by atoms with Crippen LogP contribution in [0.2, 0.25) is 0 Å². The van der Waals surface area contributed by atoms with E-state index in [1.807, 2.05) is 18.2 Å². The lowest BCUT2D eigenvalue weighted by molar-refractivity contribution is -0.115. The molecule has 3 rings (SSSR count). The van der Waals surface area contributed by atoms with Crippen LogP contribution in [0.25, 0.3) is 11.8 Å². The van der Waals surface area contributed by atoms with Crippen LogP contribution in [0.5, 0.6) is 0 Å². The number of ketones is 1. The molecule has 14 heavy (non-hydrogen) atoms. The van der Waals surface area contributed by atoms with Crippen LogP contribution < -0.4 is 15.8 Å². The minimum atomic E-state index is 0.102. The van der Waals surface area contributed by atoms with Gasteiger partial charge in [-0.15, -0.1) is 0 Å². The summed E-state index contributed by atoms with van der Waals surface area (Å²) >= 11 is 0. The second kappa shape index (κ2) is 2.71. The zero-order valence-electron chi connectivity index (χ0n) is 7.79. The minimum Gasteiger partial charge on any atom is -0.387 e. The highest BCUT2D eigenvalue weighted by atomic mass is 16.1. The molecule has 2 nitrogen and oxygen atoms in total. The van der Waals surface area contributed by atoms with Crippen molar-refractivity contribution in [2.75, 3.05) is 6.54 Å². The van der Waals surface area contributed by atoms with Gasteiger partial charge in [0.05, 0.1) is 5.92 Å². The average molecular weight is 185 g/mol. The van der Waals surface area contributed by atoms with Gasteiger partial charge in [-0.1, -0.05) is 24.3 Å². The lowest BCUT2D eigenvalue weighted by Gasteiger charge is -2.12. The highest BCUT2D eigenvalue weighted by molar-refractivity contribution is 6.12. The number of benzene rings is 1. The highest BCUT2D eigenvalue weighted by Gasteiger charge is 2.28. The maximum atomic E-state index is 11.7. The SMILES string of the molecule is O=C1C=c2ccccc2=C2NCCC12. The van der Waals surface area contributed by atoms with Crippen molar-refractivity contribution < 1.29 is 4.79 Å². The maximum Gasteiger partial charge on any atom is 0.165 e. The maximum absolute atomic E-state index is 11.7. The topological polar surface area (TPSA) is 29.1 Å². The van der Waals surface area contributed by atoms with Gasteiger partial charge in [-0.05, 0) is 17.7 Å². The standard InChI is InChI=1S/C12H11NO/c14-11-7-8-3-1-2-4-9(8)12-10(11)5-6-13-12/h1-4,7,10,13H,5-6H2. The Hall–Kier alpha value is -1.57. The molecule has 0 spiro atoms. The summed E-state index contributed by atoms with van der Waals surface area (Å²) < 4.78 is 0. The van der Waals surface area contributed by atoms with Crippen molar-refractivity contribution in [1.82, 2.24) is 5.32 Å². The molecule has 1 unspecified atom stereocenters. The molecule has 1 aliphatic heterocycles. The van der Waals surface area contributed by atoms with Gasteiger partial charge in [-0.25, -0.2) is 0 Å². The van der Waals surface area contributed by atoms with E-state index in [-0.39, 0.29) is 11.7 Å². The van der Waals surface area contributed by atoms with E-state index in [0.29, 0.717) is 0 Å². The van der Waals surface area contributed by atoms with Gasteiger partial charge in [-0.2, -0.15) is 0 Å². The summed E-state index contributed by atoms with van der Waals surface area (Å²) in [5, 5.41) is 5.58. The third kappa shape index (κ3) is 0.939. The second-order valence-electron chi connectivity index (χ2n) is 3.82. The van der Waals surface area contributed by atoms with Gasteiger partial charge in [0.15, 0.2) is 5.78 Å². The van der Waals surface area contributed by atoms with E-state index in [2.05, 4.69) is 11.4 Å². The average Bonchev–Trinajstić information content (AvgIpc) is 2.67. The van der Waals surface area contributed by atoms with Gasteiger partial charge >= 0.3 is 0 Å². The molecule has 0 amide bonds. The Labute approximate surface area is 81.9 Å². The largest absolute Gasteiger partial charge is 0.387 e. The zero-order valence-corrected chi connectivity index (χ0v) is 7.79. The molecule has 1 aromatic rings. The normalized spacial score (nSPS) is 23.6. The van der Waals surface area contributed by atoms with E-state index in [9.17, 15) is 4.79 Å². The number of rotatable bonds is 0. The fourth-order valence-electron chi connectivity index (χ4n) is 2.31. The second-order valence-corrected chi connectivity index (χ2v) is 3.82. The summed E-state index contributed by atoms with van der Waals surface area (Å²) in [6, 6.07) is 8.07. The summed E-state index contributed by atoms with van der Waals surface area (Å²) in [4.78, 5) is 11.7. The molecule has 1 aliphatic carbocycles. The molecule has 1 N–H and O–H groups in total. The Morgan fingerprint density at radius 2 is 2.14 bits per heavy atom. The number of hydrogen-bond donors (Lipinski definition) is 1. The molecule has 0 bridgehead atoms. The number of Topliss-reactive ketones (excluding diaryl/α,β-unsaturated/α-hetero) is 1. The number of fused-ring (bicyclic) bond motifs is 2. The molecule has 70 valence electrons. The van der Waals surface area contributed by atoms with Gasteiger partial charge in [-0.3, -0.25) is 4.79 Å². The van der Waals surface area contributed by atoms with Crippen LogP contribution in [0, 0.1) is 5.92 Å². The van der Waals surface area contributed by atoms with Crippen LogP contribution in [0.15, 0.2) is 24.3 Å². The van der Waals surface area contributed by atoms with E-state index in [0.717, 1.165) is 23.9 Å². The molecule has 1 heterocycles. The first-order valence-corrected chi connectivity index (χ1v) is 4.95. The van der Waals surface area contributed by atoms with Crippen molar-refractivity contribution in [3.63, 3.8) is 0 Å². The number of carbonyl (C=O) groups excluding carboxylic acids is 1. The van der Waals surface area contributed by atoms with Crippen molar-refractivity contribution in [3.8, 4) is 0 Å². The van der Waals surface area contributed by atoms with Crippen LogP contribution in [-0.2, 0) is 4.79 Å². The zero-order chi connectivity index (χ0) is 9.54. The summed E-state index contributed by atoms with van der Waals surface area (Å²) in [6.45, 7) is 0.925. The van der Waals surface area contributed by atoms with Gasteiger partial charge in [0, 0.05) is 17.5 Å². The van der Waals surface area contributed by atoms with E-state index in [4.69, 9.17) is 0 Å². The molecular weight excluding hydrogens is 174 g/mol. The van der Waals surface area contributed by atoms with Crippen molar-refractivity contribution in [2.45, 2.75) is 6.42 Å². The molecule has 1 aromatic carbocycles. The van der Waals surface area contributed by atoms with Crippen molar-refractivity contribution in [1.29, 1.82) is 0 Å². The van der Waals surface area contributed by atoms with Gasteiger partial charge in [0.25, 0.3) is 0 Å². The first kappa shape index (κ1) is 7.80. The molecule has 1 atom stereocenters. The Balaban J connectivity index is 2.43. The molecule has 0 radical (unpaired) electrons. The molecule has 2 heteroatoms. The van der Waals surface area contributed by atoms with E-state index in [1.54, 1.807) is 6.08 Å². The summed E-state index contributed by atoms with van der Waals surface area (Å²) in [5.74, 6) is 0.355. The molecule has 0 saturated carbocycles. The van der Waals surface area contributed by atoms with Gasteiger partial charge < -0.3 is 5.32 Å². The number of carbonyl (C=O) groups is 1. The predicted molar refractivity (Wildman–Crippen MR) is 54.7 cm³/mol. The fourth-order valence-corrected chi connectivity index (χ4v) is 2.31. The minimum absolute atomic E-state index is 0.102. The summed E-state index contributed by atoms with van der Waals surface area (Å²) in [7, 11) is 0. The molecule has 2 aliphatic rings. The van der Waals surface area contributed by atoms with Gasteiger partial charge in [0.1, 0.15) is 0 Å². The van der Waals surface area contributed by atoms with E-state index < -0.39 is 0 Å². The third-order valence-corrected chi connectivity index (χ3v) is 2.99. The molecule has 1 saturated heterocycles. The smallest absolute Gasteiger partial charge is 0.165 e. The van der Waals surface area contributed by atoms with Crippen molar-refractivity contribution in [2.24, 2.45) is 5.92 Å². The Kier molecular flexibility index (Phi) is 1.51. The first-order valence-electron chi connectivity index (χ1n) is 4.95. The summed E-state index contributed by atoms with van der Waals surface area (Å²) in [6.07, 6.45) is 2.72. The highest BCUT2D eigenvalue weighted by Crippen LogP contribution is 2.21. The van der Waals surface area contributed by atoms with Crippen LogP contribution in [0.1, 0.15) is 6.42 Å². The Morgan fingerprint density at radius 3 is 3.07 bits per heavy atom. The molecule has 0 aromatic heterocycles. The van der Waals surface area contributed by atoms with E-state index >= 15 is 0 Å². The third-order valence-electron chi connectivity index (χ3n) is 2.99. The predicted octanol–water partition coefficient (Wildman–Crippen LogP) is -0.232.